The van der Waals surface area contributed by atoms with Crippen LogP contribution < -0.4 is 10.1 Å². The second-order valence-electron chi connectivity index (χ2n) is 5.86. The van der Waals surface area contributed by atoms with Crippen molar-refractivity contribution >= 4 is 5.91 Å². The zero-order valence-corrected chi connectivity index (χ0v) is 15.2. The van der Waals surface area contributed by atoms with Crippen molar-refractivity contribution in [3.63, 3.8) is 0 Å². The van der Waals surface area contributed by atoms with Gasteiger partial charge in [0.15, 0.2) is 0 Å². The molecule has 0 aromatic heterocycles. The maximum Gasteiger partial charge on any atom is 0.223 e. The monoisotopic (exact) mass is 340 g/mol. The number of rotatable bonds is 10. The molecule has 0 saturated carbocycles. The van der Waals surface area contributed by atoms with Crippen molar-refractivity contribution in [3.05, 3.63) is 66.2 Å². The summed E-state index contributed by atoms with van der Waals surface area (Å²) < 4.78 is 5.59. The molecule has 1 amide bonds. The summed E-state index contributed by atoms with van der Waals surface area (Å²) in [5, 5.41) is 3.06. The van der Waals surface area contributed by atoms with Crippen molar-refractivity contribution in [2.24, 2.45) is 0 Å². The first-order valence-corrected chi connectivity index (χ1v) is 8.98. The number of amides is 1. The maximum atomic E-state index is 12.2. The summed E-state index contributed by atoms with van der Waals surface area (Å²) in [5.74, 6) is 0.810. The molecule has 0 aliphatic rings. The SMILES string of the molecule is CCN(CC)C(CNC(=O)CCOc1ccccc1)c1ccccc1. The Bertz CT molecular complexity index is 612. The molecule has 0 spiro atoms. The lowest BCUT2D eigenvalue weighted by Gasteiger charge is -2.30. The van der Waals surface area contributed by atoms with Gasteiger partial charge in [-0.1, -0.05) is 62.4 Å². The fourth-order valence-electron chi connectivity index (χ4n) is 2.87. The summed E-state index contributed by atoms with van der Waals surface area (Å²) >= 11 is 0. The standard InChI is InChI=1S/C21H28N2O2/c1-3-23(4-2)20(18-11-7-5-8-12-18)17-22-21(24)15-16-25-19-13-9-6-10-14-19/h5-14,20H,3-4,15-17H2,1-2H3,(H,22,24). The number of likely N-dealkylation sites (N-methyl/N-ethyl adjacent to an activating group) is 1. The van der Waals surface area contributed by atoms with Gasteiger partial charge in [0.25, 0.3) is 0 Å². The molecule has 0 heterocycles. The smallest absolute Gasteiger partial charge is 0.223 e. The van der Waals surface area contributed by atoms with Crippen LogP contribution in [0.25, 0.3) is 0 Å². The summed E-state index contributed by atoms with van der Waals surface area (Å²) in [4.78, 5) is 14.5. The van der Waals surface area contributed by atoms with Crippen molar-refractivity contribution in [2.75, 3.05) is 26.2 Å². The van der Waals surface area contributed by atoms with E-state index in [-0.39, 0.29) is 11.9 Å². The van der Waals surface area contributed by atoms with Gasteiger partial charge < -0.3 is 10.1 Å². The number of nitrogens with zero attached hydrogens (tertiary/aromatic N) is 1. The summed E-state index contributed by atoms with van der Waals surface area (Å²) in [5.41, 5.74) is 1.23. The third-order valence-corrected chi connectivity index (χ3v) is 4.27. The molecule has 0 aliphatic heterocycles. The largest absolute Gasteiger partial charge is 0.493 e. The Morgan fingerprint density at radius 1 is 1.00 bits per heavy atom. The minimum atomic E-state index is 0.0176. The van der Waals surface area contributed by atoms with Crippen LogP contribution >= 0.6 is 0 Å². The van der Waals surface area contributed by atoms with E-state index in [2.05, 4.69) is 36.2 Å². The molecule has 0 bridgehead atoms. The van der Waals surface area contributed by atoms with Crippen LogP contribution in [0.5, 0.6) is 5.75 Å². The van der Waals surface area contributed by atoms with E-state index >= 15 is 0 Å². The van der Waals surface area contributed by atoms with Gasteiger partial charge in [-0.2, -0.15) is 0 Å². The summed E-state index contributed by atoms with van der Waals surface area (Å²) in [7, 11) is 0. The number of hydrogen-bond acceptors (Lipinski definition) is 3. The van der Waals surface area contributed by atoms with E-state index < -0.39 is 0 Å². The zero-order chi connectivity index (χ0) is 17.9. The molecular weight excluding hydrogens is 312 g/mol. The van der Waals surface area contributed by atoms with Gasteiger partial charge in [-0.25, -0.2) is 0 Å². The van der Waals surface area contributed by atoms with Crippen molar-refractivity contribution < 1.29 is 9.53 Å². The highest BCUT2D eigenvalue weighted by Gasteiger charge is 2.18. The quantitative estimate of drug-likeness (QED) is 0.718. The average Bonchev–Trinajstić information content (AvgIpc) is 2.66. The Labute approximate surface area is 150 Å². The normalized spacial score (nSPS) is 12.0. The van der Waals surface area contributed by atoms with Crippen LogP contribution in [0, 0.1) is 0 Å². The molecule has 25 heavy (non-hydrogen) atoms. The first-order chi connectivity index (χ1) is 12.2. The van der Waals surface area contributed by atoms with E-state index in [4.69, 9.17) is 4.74 Å². The van der Waals surface area contributed by atoms with Gasteiger partial charge in [0.1, 0.15) is 5.75 Å². The highest BCUT2D eigenvalue weighted by atomic mass is 16.5. The van der Waals surface area contributed by atoms with Crippen LogP contribution in [0.4, 0.5) is 0 Å². The van der Waals surface area contributed by atoms with E-state index in [1.165, 1.54) is 5.56 Å². The van der Waals surface area contributed by atoms with E-state index in [1.807, 2.05) is 48.5 Å². The predicted molar refractivity (Wildman–Crippen MR) is 102 cm³/mol. The Kier molecular flexibility index (Phi) is 7.99. The fourth-order valence-corrected chi connectivity index (χ4v) is 2.87. The van der Waals surface area contributed by atoms with Gasteiger partial charge in [-0.05, 0) is 30.8 Å². The fraction of sp³-hybridized carbons (Fsp3) is 0.381. The zero-order valence-electron chi connectivity index (χ0n) is 15.2. The molecule has 2 aromatic rings. The molecule has 0 fully saturated rings. The van der Waals surface area contributed by atoms with E-state index in [1.54, 1.807) is 0 Å². The summed E-state index contributed by atoms with van der Waals surface area (Å²) in [6.07, 6.45) is 0.356. The van der Waals surface area contributed by atoms with Gasteiger partial charge in [0.05, 0.1) is 19.1 Å². The summed E-state index contributed by atoms with van der Waals surface area (Å²) in [6.45, 7) is 7.18. The third kappa shape index (κ3) is 6.24. The van der Waals surface area contributed by atoms with Gasteiger partial charge in [-0.3, -0.25) is 9.69 Å². The molecule has 0 aliphatic carbocycles. The van der Waals surface area contributed by atoms with Crippen molar-refractivity contribution in [3.8, 4) is 5.75 Å². The number of nitrogens with one attached hydrogen (secondary N) is 1. The van der Waals surface area contributed by atoms with Crippen molar-refractivity contribution in [2.45, 2.75) is 26.3 Å². The predicted octanol–water partition coefficient (Wildman–Crippen LogP) is 3.65. The lowest BCUT2D eigenvalue weighted by Crippen LogP contribution is -2.38. The van der Waals surface area contributed by atoms with Crippen LogP contribution in [-0.2, 0) is 4.79 Å². The number of para-hydroxylation sites is 1. The lowest BCUT2D eigenvalue weighted by atomic mass is 10.1. The first kappa shape index (κ1) is 19.0. The molecule has 2 rings (SSSR count). The second-order valence-corrected chi connectivity index (χ2v) is 5.86. The molecule has 2 aromatic carbocycles. The average molecular weight is 340 g/mol. The van der Waals surface area contributed by atoms with Crippen molar-refractivity contribution in [1.29, 1.82) is 0 Å². The number of hydrogen-bond donors (Lipinski definition) is 1. The van der Waals surface area contributed by atoms with Crippen LogP contribution in [0.1, 0.15) is 31.9 Å². The highest BCUT2D eigenvalue weighted by Crippen LogP contribution is 2.19. The molecular formula is C21H28N2O2. The topological polar surface area (TPSA) is 41.6 Å². The van der Waals surface area contributed by atoms with Gasteiger partial charge in [0.2, 0.25) is 5.91 Å². The molecule has 1 N–H and O–H groups in total. The lowest BCUT2D eigenvalue weighted by molar-refractivity contribution is -0.121. The van der Waals surface area contributed by atoms with Crippen LogP contribution in [-0.4, -0.2) is 37.0 Å². The van der Waals surface area contributed by atoms with Crippen molar-refractivity contribution in [1.82, 2.24) is 10.2 Å². The molecule has 134 valence electrons. The maximum absolute atomic E-state index is 12.2. The Morgan fingerprint density at radius 2 is 1.60 bits per heavy atom. The number of ether oxygens (including phenoxy) is 1. The number of benzene rings is 2. The van der Waals surface area contributed by atoms with E-state index in [9.17, 15) is 4.79 Å². The molecule has 0 saturated heterocycles. The molecule has 1 atom stereocenters. The van der Waals surface area contributed by atoms with E-state index in [0.29, 0.717) is 19.6 Å². The van der Waals surface area contributed by atoms with Crippen LogP contribution in [0.3, 0.4) is 0 Å². The molecule has 1 unspecified atom stereocenters. The summed E-state index contributed by atoms with van der Waals surface area (Å²) in [6, 6.07) is 20.1. The third-order valence-electron chi connectivity index (χ3n) is 4.27. The minimum absolute atomic E-state index is 0.0176. The second kappa shape index (κ2) is 10.5. The van der Waals surface area contributed by atoms with Gasteiger partial charge >= 0.3 is 0 Å². The Morgan fingerprint density at radius 3 is 2.20 bits per heavy atom. The van der Waals surface area contributed by atoms with E-state index in [0.717, 1.165) is 18.8 Å². The molecule has 0 radical (unpaired) electrons. The van der Waals surface area contributed by atoms with Gasteiger partial charge in [-0.15, -0.1) is 0 Å². The number of carbonyl (C=O) groups excluding carboxylic acids is 1. The first-order valence-electron chi connectivity index (χ1n) is 8.98. The number of carbonyl (C=O) groups is 1. The highest BCUT2D eigenvalue weighted by molar-refractivity contribution is 5.76. The van der Waals surface area contributed by atoms with Crippen LogP contribution in [0.15, 0.2) is 60.7 Å². The van der Waals surface area contributed by atoms with Gasteiger partial charge in [0, 0.05) is 6.54 Å². The van der Waals surface area contributed by atoms with Crippen LogP contribution in [0.2, 0.25) is 0 Å². The molecule has 4 heteroatoms. The Hall–Kier alpha value is -2.33. The minimum Gasteiger partial charge on any atom is -0.493 e. The Balaban J connectivity index is 1.83. The molecule has 4 nitrogen and oxygen atoms in total.